The number of amides is 1. The Bertz CT molecular complexity index is 584. The fourth-order valence-corrected chi connectivity index (χ4v) is 3.92. The molecule has 0 radical (unpaired) electrons. The van der Waals surface area contributed by atoms with Crippen LogP contribution in [0.4, 0.5) is 5.69 Å². The minimum Gasteiger partial charge on any atom is -0.495 e. The van der Waals surface area contributed by atoms with E-state index in [0.29, 0.717) is 18.6 Å². The highest BCUT2D eigenvalue weighted by Crippen LogP contribution is 2.43. The molecule has 0 aromatic heterocycles. The fraction of sp³-hybridized carbons (Fsp3) is 0.600. The molecule has 4 nitrogen and oxygen atoms in total. The molecule has 0 saturated carbocycles. The Balaban J connectivity index is 2.46. The second-order valence-electron chi connectivity index (χ2n) is 6.81. The summed E-state index contributed by atoms with van der Waals surface area (Å²) in [4.78, 5) is 26.8. The van der Waals surface area contributed by atoms with Crippen molar-refractivity contribution in [3.8, 4) is 5.75 Å². The van der Waals surface area contributed by atoms with Crippen molar-refractivity contribution >= 4 is 17.4 Å². The normalized spacial score (nSPS) is 21.0. The predicted octanol–water partition coefficient (Wildman–Crippen LogP) is 4.51. The zero-order valence-electron chi connectivity index (χ0n) is 15.1. The molecular weight excluding hydrogens is 302 g/mol. The van der Waals surface area contributed by atoms with E-state index in [2.05, 4.69) is 6.92 Å². The first-order valence-electron chi connectivity index (χ1n) is 8.99. The monoisotopic (exact) mass is 331 g/mol. The van der Waals surface area contributed by atoms with E-state index >= 15 is 0 Å². The Morgan fingerprint density at radius 3 is 2.71 bits per heavy atom. The van der Waals surface area contributed by atoms with Crippen LogP contribution in [0.15, 0.2) is 24.3 Å². The average Bonchev–Trinajstić information content (AvgIpc) is 2.55. The Morgan fingerprint density at radius 1 is 1.29 bits per heavy atom. The van der Waals surface area contributed by atoms with Gasteiger partial charge in [-0.1, -0.05) is 38.3 Å². The molecule has 1 heterocycles. The van der Waals surface area contributed by atoms with Crippen LogP contribution in [0.2, 0.25) is 0 Å². The summed E-state index contributed by atoms with van der Waals surface area (Å²) in [5.74, 6) is 0.931. The number of piperidine rings is 1. The van der Waals surface area contributed by atoms with Gasteiger partial charge in [0, 0.05) is 12.8 Å². The summed E-state index contributed by atoms with van der Waals surface area (Å²) in [5.41, 5.74) is 0.382. The molecule has 1 aliphatic heterocycles. The number of carbonyl (C=O) groups is 2. The summed E-state index contributed by atoms with van der Waals surface area (Å²) in [6.07, 6.45) is 6.81. The van der Waals surface area contributed by atoms with E-state index < -0.39 is 5.54 Å². The lowest BCUT2D eigenvalue weighted by atomic mass is 9.77. The Kier molecular flexibility index (Phi) is 6.41. The highest BCUT2D eigenvalue weighted by Gasteiger charge is 2.44. The van der Waals surface area contributed by atoms with Gasteiger partial charge in [-0.15, -0.1) is 0 Å². The smallest absolute Gasteiger partial charge is 0.227 e. The second kappa shape index (κ2) is 8.32. The molecule has 1 fully saturated rings. The quantitative estimate of drug-likeness (QED) is 0.658. The summed E-state index contributed by atoms with van der Waals surface area (Å²) in [6.45, 7) is 3.79. The van der Waals surface area contributed by atoms with Crippen molar-refractivity contribution in [3.05, 3.63) is 24.3 Å². The minimum absolute atomic E-state index is 0.100. The summed E-state index contributed by atoms with van der Waals surface area (Å²) >= 11 is 0. The summed E-state index contributed by atoms with van der Waals surface area (Å²) < 4.78 is 5.49. The third-order valence-corrected chi connectivity index (χ3v) is 4.91. The van der Waals surface area contributed by atoms with Crippen LogP contribution < -0.4 is 9.64 Å². The van der Waals surface area contributed by atoms with Crippen LogP contribution >= 0.6 is 0 Å². The summed E-state index contributed by atoms with van der Waals surface area (Å²) in [6, 6.07) is 7.63. The van der Waals surface area contributed by atoms with Crippen LogP contribution in [0.5, 0.6) is 5.75 Å². The van der Waals surface area contributed by atoms with E-state index in [0.717, 1.165) is 44.2 Å². The summed E-state index contributed by atoms with van der Waals surface area (Å²) in [7, 11) is 1.62. The van der Waals surface area contributed by atoms with Crippen LogP contribution in [0.3, 0.4) is 0 Å². The lowest BCUT2D eigenvalue weighted by Gasteiger charge is -2.47. The number of methoxy groups -OCH3 is 1. The molecule has 1 aromatic carbocycles. The van der Waals surface area contributed by atoms with Crippen molar-refractivity contribution in [1.82, 2.24) is 0 Å². The maximum atomic E-state index is 12.9. The number of hydrogen-bond donors (Lipinski definition) is 0. The van der Waals surface area contributed by atoms with Crippen molar-refractivity contribution in [2.24, 2.45) is 0 Å². The fourth-order valence-electron chi connectivity index (χ4n) is 3.92. The van der Waals surface area contributed by atoms with Gasteiger partial charge in [-0.25, -0.2) is 0 Å². The number of benzene rings is 1. The van der Waals surface area contributed by atoms with Crippen LogP contribution in [-0.4, -0.2) is 24.3 Å². The van der Waals surface area contributed by atoms with Gasteiger partial charge < -0.3 is 9.64 Å². The maximum absolute atomic E-state index is 12.9. The first kappa shape index (κ1) is 18.5. The van der Waals surface area contributed by atoms with E-state index in [-0.39, 0.29) is 11.7 Å². The molecular formula is C20H29NO3. The molecule has 1 amide bonds. The van der Waals surface area contributed by atoms with Crippen LogP contribution in [0.25, 0.3) is 0 Å². The number of Topliss-reactive ketones (excluding diaryl/α,β-unsaturated/α-hetero) is 1. The Labute approximate surface area is 145 Å². The lowest BCUT2D eigenvalue weighted by molar-refractivity contribution is -0.123. The first-order chi connectivity index (χ1) is 11.5. The predicted molar refractivity (Wildman–Crippen MR) is 96.5 cm³/mol. The second-order valence-corrected chi connectivity index (χ2v) is 6.81. The third-order valence-electron chi connectivity index (χ3n) is 4.91. The van der Waals surface area contributed by atoms with Gasteiger partial charge in [0.2, 0.25) is 5.91 Å². The number of hydrogen-bond acceptors (Lipinski definition) is 3. The van der Waals surface area contributed by atoms with Gasteiger partial charge in [-0.2, -0.15) is 0 Å². The maximum Gasteiger partial charge on any atom is 0.227 e. The van der Waals surface area contributed by atoms with Gasteiger partial charge in [0.15, 0.2) is 0 Å². The van der Waals surface area contributed by atoms with Gasteiger partial charge in [0.1, 0.15) is 11.5 Å². The molecule has 0 spiro atoms. The molecule has 132 valence electrons. The number of para-hydroxylation sites is 2. The average molecular weight is 331 g/mol. The van der Waals surface area contributed by atoms with E-state index in [1.807, 2.05) is 29.2 Å². The molecule has 1 unspecified atom stereocenters. The highest BCUT2D eigenvalue weighted by atomic mass is 16.5. The lowest BCUT2D eigenvalue weighted by Crippen LogP contribution is -2.56. The first-order valence-corrected chi connectivity index (χ1v) is 8.99. The zero-order chi connectivity index (χ0) is 17.6. The molecule has 0 aliphatic carbocycles. The van der Waals surface area contributed by atoms with Crippen molar-refractivity contribution < 1.29 is 14.3 Å². The van der Waals surface area contributed by atoms with Gasteiger partial charge in [0.25, 0.3) is 0 Å². The third kappa shape index (κ3) is 3.97. The largest absolute Gasteiger partial charge is 0.495 e. The number of anilines is 1. The van der Waals surface area contributed by atoms with Gasteiger partial charge in [-0.05, 0) is 38.3 Å². The Hall–Kier alpha value is -1.84. The summed E-state index contributed by atoms with van der Waals surface area (Å²) in [5, 5.41) is 0. The standard InChI is InChI=1S/C20H29NO3/c1-4-5-8-13-20(15-16(2)22)14-9-12-19(23)21(20)17-10-6-7-11-18(17)24-3/h6-7,10-11H,4-5,8-9,12-15H2,1-3H3. The van der Waals surface area contributed by atoms with Crippen molar-refractivity contribution in [1.29, 1.82) is 0 Å². The topological polar surface area (TPSA) is 46.6 Å². The van der Waals surface area contributed by atoms with E-state index in [1.165, 1.54) is 0 Å². The molecule has 24 heavy (non-hydrogen) atoms. The number of unbranched alkanes of at least 4 members (excludes halogenated alkanes) is 2. The van der Waals surface area contributed by atoms with E-state index in [9.17, 15) is 9.59 Å². The molecule has 0 N–H and O–H groups in total. The van der Waals surface area contributed by atoms with Crippen LogP contribution in [-0.2, 0) is 9.59 Å². The zero-order valence-corrected chi connectivity index (χ0v) is 15.1. The van der Waals surface area contributed by atoms with Crippen molar-refractivity contribution in [2.45, 2.75) is 70.8 Å². The van der Waals surface area contributed by atoms with Gasteiger partial charge >= 0.3 is 0 Å². The molecule has 1 saturated heterocycles. The minimum atomic E-state index is -0.412. The molecule has 2 rings (SSSR count). The number of ether oxygens (including phenoxy) is 1. The SMILES string of the molecule is CCCCCC1(CC(C)=O)CCCC(=O)N1c1ccccc1OC. The molecule has 1 aromatic rings. The molecule has 1 aliphatic rings. The molecule has 4 heteroatoms. The van der Waals surface area contributed by atoms with Crippen LogP contribution in [0, 0.1) is 0 Å². The number of carbonyl (C=O) groups excluding carboxylic acids is 2. The Morgan fingerprint density at radius 2 is 2.04 bits per heavy atom. The van der Waals surface area contributed by atoms with Gasteiger partial charge in [0.05, 0.1) is 18.3 Å². The molecule has 1 atom stereocenters. The van der Waals surface area contributed by atoms with Gasteiger partial charge in [-0.3, -0.25) is 9.59 Å². The molecule has 0 bridgehead atoms. The highest BCUT2D eigenvalue weighted by molar-refractivity contribution is 5.98. The van der Waals surface area contributed by atoms with E-state index in [4.69, 9.17) is 4.74 Å². The number of ketones is 1. The number of rotatable bonds is 8. The van der Waals surface area contributed by atoms with E-state index in [1.54, 1.807) is 14.0 Å². The van der Waals surface area contributed by atoms with Crippen molar-refractivity contribution in [2.75, 3.05) is 12.0 Å². The van der Waals surface area contributed by atoms with Crippen LogP contribution in [0.1, 0.15) is 65.2 Å². The number of nitrogens with zero attached hydrogens (tertiary/aromatic N) is 1. The van der Waals surface area contributed by atoms with Crippen molar-refractivity contribution in [3.63, 3.8) is 0 Å².